The first-order valence-electron chi connectivity index (χ1n) is 11.3. The number of rotatable bonds is 8. The Bertz CT molecular complexity index is 1210. The molecule has 2 aliphatic rings. The maximum atomic E-state index is 15.2. The Balaban J connectivity index is 1.23. The second-order valence-electron chi connectivity index (χ2n) is 8.07. The third-order valence-electron chi connectivity index (χ3n) is 5.68. The second kappa shape index (κ2) is 10.8. The van der Waals surface area contributed by atoms with Crippen molar-refractivity contribution in [2.45, 2.75) is 21.3 Å². The molecule has 0 spiro atoms. The van der Waals surface area contributed by atoms with Crippen LogP contribution in [0.25, 0.3) is 0 Å². The van der Waals surface area contributed by atoms with Crippen LogP contribution in [0.1, 0.15) is 22.3 Å². The Hall–Kier alpha value is -2.91. The number of hydrogen-bond donors (Lipinski definition) is 2. The minimum Gasteiger partial charge on any atom is -0.368 e. The molecular formula is C26H23F3N4S2. The zero-order chi connectivity index (χ0) is 24.2. The first kappa shape index (κ1) is 23.8. The van der Waals surface area contributed by atoms with Gasteiger partial charge in [-0.05, 0) is 47.5 Å². The number of amidine groups is 2. The maximum Gasteiger partial charge on any atom is 0.137 e. The van der Waals surface area contributed by atoms with Crippen molar-refractivity contribution < 1.29 is 13.2 Å². The van der Waals surface area contributed by atoms with Crippen LogP contribution < -0.4 is 10.6 Å². The van der Waals surface area contributed by atoms with E-state index >= 15 is 4.39 Å². The molecular weight excluding hydrogens is 489 g/mol. The third kappa shape index (κ3) is 5.51. The molecule has 5 rings (SSSR count). The lowest BCUT2D eigenvalue weighted by molar-refractivity contribution is 0.599. The van der Waals surface area contributed by atoms with E-state index in [1.165, 1.54) is 35.7 Å². The van der Waals surface area contributed by atoms with Crippen molar-refractivity contribution in [1.82, 2.24) is 10.6 Å². The Labute approximate surface area is 210 Å². The van der Waals surface area contributed by atoms with Crippen LogP contribution in [0.3, 0.4) is 0 Å². The number of hydrogen-bond acceptors (Lipinski definition) is 6. The summed E-state index contributed by atoms with van der Waals surface area (Å²) in [4.78, 5) is 9.52. The summed E-state index contributed by atoms with van der Waals surface area (Å²) in [7, 11) is 0. The molecule has 0 aromatic heterocycles. The Morgan fingerprint density at radius 3 is 1.57 bits per heavy atom. The molecule has 180 valence electrons. The van der Waals surface area contributed by atoms with Gasteiger partial charge in [-0.1, -0.05) is 18.2 Å². The van der Waals surface area contributed by atoms with Crippen LogP contribution in [0.5, 0.6) is 0 Å². The van der Waals surface area contributed by atoms with Crippen LogP contribution in [0.15, 0.2) is 74.4 Å². The van der Waals surface area contributed by atoms with Crippen molar-refractivity contribution in [3.8, 4) is 0 Å². The average molecular weight is 513 g/mol. The SMILES string of the molecule is Fc1cc(C2=NCCN2)ccc1SCc1cccc(CSc2ccc(C3=NCCN3)cc2F)c1F. The van der Waals surface area contributed by atoms with Crippen molar-refractivity contribution in [3.05, 3.63) is 94.3 Å². The minimum absolute atomic E-state index is 0.290. The van der Waals surface area contributed by atoms with Crippen LogP contribution in [0.4, 0.5) is 13.2 Å². The predicted octanol–water partition coefficient (Wildman–Crippen LogP) is 5.39. The van der Waals surface area contributed by atoms with E-state index in [-0.39, 0.29) is 29.0 Å². The van der Waals surface area contributed by atoms with Crippen LogP contribution in [0.2, 0.25) is 0 Å². The van der Waals surface area contributed by atoms with Gasteiger partial charge < -0.3 is 10.6 Å². The highest BCUT2D eigenvalue weighted by atomic mass is 32.2. The molecule has 0 radical (unpaired) electrons. The van der Waals surface area contributed by atoms with Gasteiger partial charge in [0, 0.05) is 45.5 Å². The summed E-state index contributed by atoms with van der Waals surface area (Å²) in [5.41, 5.74) is 2.39. The van der Waals surface area contributed by atoms with Crippen LogP contribution in [-0.4, -0.2) is 37.9 Å². The molecule has 2 heterocycles. The Morgan fingerprint density at radius 1 is 0.686 bits per heavy atom. The number of benzene rings is 3. The highest BCUT2D eigenvalue weighted by molar-refractivity contribution is 7.98. The van der Waals surface area contributed by atoms with Gasteiger partial charge in [0.05, 0.1) is 13.1 Å². The molecule has 0 saturated heterocycles. The zero-order valence-corrected chi connectivity index (χ0v) is 20.4. The standard InChI is InChI=1S/C26H23F3N4S2/c27-20-12-16(25-30-8-9-31-25)4-6-22(20)34-14-18-2-1-3-19(24(18)29)15-35-23-7-5-17(13-21(23)28)26-32-10-11-33-26/h1-7,12-13H,8-11,14-15H2,(H,30,31)(H,32,33). The van der Waals surface area contributed by atoms with E-state index in [0.717, 1.165) is 13.1 Å². The fourth-order valence-corrected chi connectivity index (χ4v) is 5.67. The zero-order valence-electron chi connectivity index (χ0n) is 18.8. The molecule has 3 aromatic rings. The Morgan fingerprint density at radius 2 is 1.17 bits per heavy atom. The van der Waals surface area contributed by atoms with E-state index < -0.39 is 0 Å². The highest BCUT2D eigenvalue weighted by Gasteiger charge is 2.15. The molecule has 0 bridgehead atoms. The topological polar surface area (TPSA) is 48.8 Å². The fraction of sp³-hybridized carbons (Fsp3) is 0.231. The molecule has 0 saturated carbocycles. The molecule has 2 aliphatic heterocycles. The number of nitrogens with one attached hydrogen (secondary N) is 2. The molecule has 9 heteroatoms. The first-order valence-corrected chi connectivity index (χ1v) is 13.2. The summed E-state index contributed by atoms with van der Waals surface area (Å²) in [6, 6.07) is 15.1. The highest BCUT2D eigenvalue weighted by Crippen LogP contribution is 2.31. The number of halogens is 3. The predicted molar refractivity (Wildman–Crippen MR) is 137 cm³/mol. The summed E-state index contributed by atoms with van der Waals surface area (Å²) >= 11 is 2.49. The average Bonchev–Trinajstić information content (AvgIpc) is 3.59. The van der Waals surface area contributed by atoms with E-state index in [0.29, 0.717) is 56.8 Å². The van der Waals surface area contributed by atoms with Crippen LogP contribution in [-0.2, 0) is 11.5 Å². The molecule has 2 N–H and O–H groups in total. The fourth-order valence-electron chi connectivity index (χ4n) is 3.88. The van der Waals surface area contributed by atoms with Crippen molar-refractivity contribution in [2.75, 3.05) is 26.2 Å². The van der Waals surface area contributed by atoms with Gasteiger partial charge in [0.2, 0.25) is 0 Å². The lowest BCUT2D eigenvalue weighted by Crippen LogP contribution is -2.19. The quantitative estimate of drug-likeness (QED) is 0.398. The summed E-state index contributed by atoms with van der Waals surface area (Å²) in [6.07, 6.45) is 0. The number of aliphatic imine (C=N–C) groups is 2. The lowest BCUT2D eigenvalue weighted by atomic mass is 10.1. The van der Waals surface area contributed by atoms with Gasteiger partial charge >= 0.3 is 0 Å². The molecule has 0 unspecified atom stereocenters. The van der Waals surface area contributed by atoms with E-state index in [9.17, 15) is 8.78 Å². The molecule has 0 amide bonds. The van der Waals surface area contributed by atoms with Gasteiger partial charge in [0.1, 0.15) is 29.1 Å². The van der Waals surface area contributed by atoms with Gasteiger partial charge in [0.25, 0.3) is 0 Å². The van der Waals surface area contributed by atoms with Crippen molar-refractivity contribution in [1.29, 1.82) is 0 Å². The van der Waals surface area contributed by atoms with Crippen LogP contribution in [0, 0.1) is 17.5 Å². The Kier molecular flexibility index (Phi) is 7.34. The minimum atomic E-state index is -0.353. The molecule has 0 fully saturated rings. The molecule has 3 aromatic carbocycles. The number of thioether (sulfide) groups is 2. The first-order chi connectivity index (χ1) is 17.1. The number of nitrogens with zero attached hydrogens (tertiary/aromatic N) is 2. The van der Waals surface area contributed by atoms with E-state index in [1.54, 1.807) is 30.3 Å². The normalized spacial score (nSPS) is 14.9. The van der Waals surface area contributed by atoms with E-state index in [1.807, 2.05) is 12.1 Å². The van der Waals surface area contributed by atoms with E-state index in [4.69, 9.17) is 0 Å². The van der Waals surface area contributed by atoms with Crippen molar-refractivity contribution in [2.24, 2.45) is 9.98 Å². The lowest BCUT2D eigenvalue weighted by Gasteiger charge is -2.11. The van der Waals surface area contributed by atoms with Gasteiger partial charge in [-0.3, -0.25) is 9.98 Å². The molecule has 35 heavy (non-hydrogen) atoms. The van der Waals surface area contributed by atoms with Gasteiger partial charge in [0.15, 0.2) is 0 Å². The smallest absolute Gasteiger partial charge is 0.137 e. The summed E-state index contributed by atoms with van der Waals surface area (Å²) < 4.78 is 44.4. The van der Waals surface area contributed by atoms with Gasteiger partial charge in [-0.25, -0.2) is 13.2 Å². The van der Waals surface area contributed by atoms with Crippen molar-refractivity contribution in [3.63, 3.8) is 0 Å². The summed E-state index contributed by atoms with van der Waals surface area (Å²) in [5.74, 6) is 0.937. The monoisotopic (exact) mass is 512 g/mol. The summed E-state index contributed by atoms with van der Waals surface area (Å²) in [6.45, 7) is 2.89. The van der Waals surface area contributed by atoms with Crippen molar-refractivity contribution >= 4 is 35.2 Å². The summed E-state index contributed by atoms with van der Waals surface area (Å²) in [5, 5.41) is 6.25. The maximum absolute atomic E-state index is 15.2. The second-order valence-corrected chi connectivity index (χ2v) is 10.1. The molecule has 4 nitrogen and oxygen atoms in total. The third-order valence-corrected chi connectivity index (χ3v) is 7.88. The van der Waals surface area contributed by atoms with Crippen LogP contribution >= 0.6 is 23.5 Å². The molecule has 0 atom stereocenters. The molecule has 0 aliphatic carbocycles. The van der Waals surface area contributed by atoms with Gasteiger partial charge in [-0.15, -0.1) is 23.5 Å². The van der Waals surface area contributed by atoms with Gasteiger partial charge in [-0.2, -0.15) is 0 Å². The van der Waals surface area contributed by atoms with E-state index in [2.05, 4.69) is 20.6 Å². The largest absolute Gasteiger partial charge is 0.368 e.